The first-order chi connectivity index (χ1) is 14.6. The Balaban J connectivity index is 1.97. The van der Waals surface area contributed by atoms with Gasteiger partial charge in [-0.15, -0.1) is 0 Å². The molecule has 0 saturated heterocycles. The van der Waals surface area contributed by atoms with Gasteiger partial charge in [0, 0.05) is 19.7 Å². The van der Waals surface area contributed by atoms with Crippen molar-refractivity contribution in [3.8, 4) is 11.5 Å². The smallest absolute Gasteiger partial charge is 0.255 e. The highest BCUT2D eigenvalue weighted by Crippen LogP contribution is 2.26. The molecule has 0 bridgehead atoms. The quantitative estimate of drug-likeness (QED) is 0.393. The van der Waals surface area contributed by atoms with Crippen molar-refractivity contribution in [1.82, 2.24) is 9.73 Å². The van der Waals surface area contributed by atoms with Crippen LogP contribution in [0.5, 0.6) is 11.5 Å². The number of hydrogen-bond donors (Lipinski definition) is 3. The van der Waals surface area contributed by atoms with E-state index in [2.05, 4.69) is 15.8 Å². The van der Waals surface area contributed by atoms with Crippen molar-refractivity contribution in [3.05, 3.63) is 48.0 Å². The summed E-state index contributed by atoms with van der Waals surface area (Å²) in [6.07, 6.45) is 1.34. The summed E-state index contributed by atoms with van der Waals surface area (Å²) in [6, 6.07) is 10.2. The number of phenols is 1. The molecule has 2 rings (SSSR count). The summed E-state index contributed by atoms with van der Waals surface area (Å²) < 4.78 is 31.4. The molecule has 3 N–H and O–H groups in total. The highest BCUT2D eigenvalue weighted by atomic mass is 32.2. The number of nitrogens with one attached hydrogen (secondary N) is 2. The van der Waals surface area contributed by atoms with Crippen molar-refractivity contribution in [2.24, 2.45) is 5.10 Å². The summed E-state index contributed by atoms with van der Waals surface area (Å²) in [7, 11) is -2.64. The van der Waals surface area contributed by atoms with Crippen LogP contribution in [0.25, 0.3) is 0 Å². The highest BCUT2D eigenvalue weighted by molar-refractivity contribution is 7.89. The first-order valence-corrected chi connectivity index (χ1v) is 10.7. The Labute approximate surface area is 180 Å². The van der Waals surface area contributed by atoms with Crippen LogP contribution in [-0.4, -0.2) is 56.1 Å². The molecule has 11 heteroatoms. The van der Waals surface area contributed by atoms with Gasteiger partial charge in [0.2, 0.25) is 15.9 Å². The Bertz CT molecular complexity index is 1070. The molecule has 0 fully saturated rings. The maximum atomic E-state index is 12.6. The van der Waals surface area contributed by atoms with E-state index in [1.807, 2.05) is 0 Å². The number of rotatable bonds is 9. The fourth-order valence-electron chi connectivity index (χ4n) is 2.48. The molecule has 0 aromatic heterocycles. The standard InChI is InChI=1S/C20H24N4O6S/c1-4-30-19-11-15(5-10-18(19)26)12-21-23-20(27)13-24(3)31(28,29)17-8-6-16(7-9-17)22-14(2)25/h5-12,26H,4,13H2,1-3H3,(H,22,25)(H,23,27)/b21-12-. The minimum atomic E-state index is -3.91. The van der Waals surface area contributed by atoms with Crippen LogP contribution >= 0.6 is 0 Å². The molecular weight excluding hydrogens is 424 g/mol. The number of sulfonamides is 1. The van der Waals surface area contributed by atoms with Gasteiger partial charge in [-0.3, -0.25) is 9.59 Å². The molecule has 166 valence electrons. The maximum Gasteiger partial charge on any atom is 0.255 e. The second kappa shape index (κ2) is 10.5. The number of nitrogens with zero attached hydrogens (tertiary/aromatic N) is 2. The van der Waals surface area contributed by atoms with Gasteiger partial charge >= 0.3 is 0 Å². The molecule has 31 heavy (non-hydrogen) atoms. The fraction of sp³-hybridized carbons (Fsp3) is 0.250. The molecule has 0 aliphatic rings. The summed E-state index contributed by atoms with van der Waals surface area (Å²) in [5.41, 5.74) is 3.29. The largest absolute Gasteiger partial charge is 0.504 e. The minimum absolute atomic E-state index is 0.0139. The van der Waals surface area contributed by atoms with E-state index in [4.69, 9.17) is 4.74 Å². The molecule has 2 amide bonds. The van der Waals surface area contributed by atoms with Gasteiger partial charge in [-0.25, -0.2) is 13.8 Å². The van der Waals surface area contributed by atoms with Crippen LogP contribution in [0.1, 0.15) is 19.4 Å². The van der Waals surface area contributed by atoms with Crippen LogP contribution in [-0.2, 0) is 19.6 Å². The second-order valence-electron chi connectivity index (χ2n) is 6.42. The lowest BCUT2D eigenvalue weighted by atomic mass is 10.2. The highest BCUT2D eigenvalue weighted by Gasteiger charge is 2.22. The van der Waals surface area contributed by atoms with Gasteiger partial charge in [0.15, 0.2) is 11.5 Å². The molecule has 0 atom stereocenters. The van der Waals surface area contributed by atoms with Crippen molar-refractivity contribution in [1.29, 1.82) is 0 Å². The monoisotopic (exact) mass is 448 g/mol. The van der Waals surface area contributed by atoms with E-state index in [1.54, 1.807) is 19.1 Å². The lowest BCUT2D eigenvalue weighted by Gasteiger charge is -2.16. The van der Waals surface area contributed by atoms with E-state index in [0.29, 0.717) is 17.9 Å². The number of anilines is 1. The number of carbonyl (C=O) groups is 2. The first kappa shape index (κ1) is 23.8. The summed E-state index contributed by atoms with van der Waals surface area (Å²) in [4.78, 5) is 23.1. The number of hydrazone groups is 1. The molecule has 2 aromatic carbocycles. The summed E-state index contributed by atoms with van der Waals surface area (Å²) in [5, 5.41) is 16.0. The van der Waals surface area contributed by atoms with E-state index in [9.17, 15) is 23.1 Å². The normalized spacial score (nSPS) is 11.5. The average molecular weight is 449 g/mol. The van der Waals surface area contributed by atoms with Crippen LogP contribution in [0.3, 0.4) is 0 Å². The number of hydrogen-bond acceptors (Lipinski definition) is 7. The van der Waals surface area contributed by atoms with E-state index < -0.39 is 22.5 Å². The third-order valence-corrected chi connectivity index (χ3v) is 5.75. The van der Waals surface area contributed by atoms with E-state index in [-0.39, 0.29) is 22.3 Å². The molecule has 0 spiro atoms. The average Bonchev–Trinajstić information content (AvgIpc) is 2.70. The number of aromatic hydroxyl groups is 1. The third kappa shape index (κ3) is 6.79. The van der Waals surface area contributed by atoms with Gasteiger partial charge < -0.3 is 15.2 Å². The van der Waals surface area contributed by atoms with Crippen LogP contribution < -0.4 is 15.5 Å². The lowest BCUT2D eigenvalue weighted by molar-refractivity contribution is -0.121. The van der Waals surface area contributed by atoms with Crippen molar-refractivity contribution in [2.75, 3.05) is 25.5 Å². The van der Waals surface area contributed by atoms with Gasteiger partial charge in [-0.2, -0.15) is 9.41 Å². The van der Waals surface area contributed by atoms with E-state index in [0.717, 1.165) is 4.31 Å². The molecule has 2 aromatic rings. The Hall–Kier alpha value is -3.44. The summed E-state index contributed by atoms with van der Waals surface area (Å²) >= 11 is 0. The number of amides is 2. The molecule has 0 saturated carbocycles. The van der Waals surface area contributed by atoms with Gasteiger partial charge in [-0.05, 0) is 55.0 Å². The predicted octanol–water partition coefficient (Wildman–Crippen LogP) is 1.52. The second-order valence-corrected chi connectivity index (χ2v) is 8.46. The SMILES string of the molecule is CCOc1cc(/C=N\NC(=O)CN(C)S(=O)(=O)c2ccc(NC(C)=O)cc2)ccc1O. The van der Waals surface area contributed by atoms with Crippen molar-refractivity contribution in [2.45, 2.75) is 18.7 Å². The van der Waals surface area contributed by atoms with Crippen molar-refractivity contribution < 1.29 is 27.9 Å². The topological polar surface area (TPSA) is 137 Å². The molecule has 0 unspecified atom stereocenters. The van der Waals surface area contributed by atoms with Crippen LogP contribution in [0.4, 0.5) is 5.69 Å². The molecular formula is C20H24N4O6S. The molecule has 0 radical (unpaired) electrons. The fourth-order valence-corrected chi connectivity index (χ4v) is 3.60. The Morgan fingerprint density at radius 3 is 2.48 bits per heavy atom. The minimum Gasteiger partial charge on any atom is -0.504 e. The molecule has 10 nitrogen and oxygen atoms in total. The van der Waals surface area contributed by atoms with Gasteiger partial charge in [0.05, 0.1) is 24.3 Å². The summed E-state index contributed by atoms with van der Waals surface area (Å²) in [5.74, 6) is -0.638. The van der Waals surface area contributed by atoms with Gasteiger partial charge in [0.1, 0.15) is 0 Å². The first-order valence-electron chi connectivity index (χ1n) is 9.25. The Kier molecular flexibility index (Phi) is 8.11. The molecule has 0 heterocycles. The Morgan fingerprint density at radius 1 is 1.19 bits per heavy atom. The number of carbonyl (C=O) groups excluding carboxylic acids is 2. The van der Waals surface area contributed by atoms with Crippen LogP contribution in [0, 0.1) is 0 Å². The van der Waals surface area contributed by atoms with E-state index in [1.165, 1.54) is 50.5 Å². The zero-order valence-corrected chi connectivity index (χ0v) is 18.1. The molecule has 0 aliphatic heterocycles. The zero-order chi connectivity index (χ0) is 23.0. The van der Waals surface area contributed by atoms with Crippen molar-refractivity contribution >= 4 is 33.7 Å². The Morgan fingerprint density at radius 2 is 1.87 bits per heavy atom. The lowest BCUT2D eigenvalue weighted by Crippen LogP contribution is -2.36. The van der Waals surface area contributed by atoms with Gasteiger partial charge in [-0.1, -0.05) is 0 Å². The number of phenolic OH excluding ortho intramolecular Hbond substituents is 1. The number of likely N-dealkylation sites (N-methyl/N-ethyl adjacent to an activating group) is 1. The zero-order valence-electron chi connectivity index (χ0n) is 17.3. The third-order valence-electron chi connectivity index (χ3n) is 3.94. The summed E-state index contributed by atoms with van der Waals surface area (Å²) in [6.45, 7) is 3.05. The number of ether oxygens (including phenoxy) is 1. The van der Waals surface area contributed by atoms with Crippen LogP contribution in [0.15, 0.2) is 52.5 Å². The number of benzene rings is 2. The predicted molar refractivity (Wildman–Crippen MR) is 116 cm³/mol. The molecule has 0 aliphatic carbocycles. The van der Waals surface area contributed by atoms with Crippen LogP contribution in [0.2, 0.25) is 0 Å². The van der Waals surface area contributed by atoms with Gasteiger partial charge in [0.25, 0.3) is 5.91 Å². The van der Waals surface area contributed by atoms with Crippen molar-refractivity contribution in [3.63, 3.8) is 0 Å². The van der Waals surface area contributed by atoms with E-state index >= 15 is 0 Å². The maximum absolute atomic E-state index is 12.6.